The highest BCUT2D eigenvalue weighted by molar-refractivity contribution is 6.32. The Morgan fingerprint density at radius 1 is 1.40 bits per heavy atom. The van der Waals surface area contributed by atoms with E-state index in [9.17, 15) is 0 Å². The number of methoxy groups -OCH3 is 1. The normalized spacial score (nSPS) is 10.6. The van der Waals surface area contributed by atoms with Gasteiger partial charge >= 0.3 is 0 Å². The topological polar surface area (TPSA) is 51.4 Å². The van der Waals surface area contributed by atoms with Crippen molar-refractivity contribution >= 4 is 17.3 Å². The molecule has 0 N–H and O–H groups in total. The highest BCUT2D eigenvalue weighted by Crippen LogP contribution is 2.29. The summed E-state index contributed by atoms with van der Waals surface area (Å²) < 4.78 is 10.3. The third kappa shape index (κ3) is 3.42. The van der Waals surface area contributed by atoms with Crippen LogP contribution in [0.25, 0.3) is 0 Å². The molecule has 0 radical (unpaired) electrons. The van der Waals surface area contributed by atoms with Gasteiger partial charge in [0.15, 0.2) is 5.82 Å². The van der Waals surface area contributed by atoms with Crippen LogP contribution in [0.3, 0.4) is 0 Å². The molecule has 0 aliphatic rings. The number of halogens is 1. The number of aromatic nitrogens is 2. The van der Waals surface area contributed by atoms with Gasteiger partial charge in [0.05, 0.1) is 18.7 Å². The molecule has 0 unspecified atom stereocenters. The number of aryl methyl sites for hydroxylation is 1. The summed E-state index contributed by atoms with van der Waals surface area (Å²) in [6.45, 7) is 2.64. The van der Waals surface area contributed by atoms with E-state index in [1.54, 1.807) is 7.11 Å². The number of ether oxygens (including phenoxy) is 1. The van der Waals surface area contributed by atoms with E-state index in [-0.39, 0.29) is 0 Å². The maximum Gasteiger partial charge on any atom is 0.226 e. The monoisotopic (exact) mass is 295 g/mol. The molecule has 1 aromatic heterocycles. The van der Waals surface area contributed by atoms with Crippen molar-refractivity contribution in [3.63, 3.8) is 0 Å². The zero-order valence-electron chi connectivity index (χ0n) is 11.9. The van der Waals surface area contributed by atoms with Gasteiger partial charge in [-0.1, -0.05) is 23.7 Å². The molecule has 0 aliphatic carbocycles. The Morgan fingerprint density at radius 3 is 2.85 bits per heavy atom. The number of benzene rings is 1. The first-order valence-corrected chi connectivity index (χ1v) is 6.88. The van der Waals surface area contributed by atoms with Gasteiger partial charge in [-0.3, -0.25) is 0 Å². The van der Waals surface area contributed by atoms with Crippen LogP contribution in [0.4, 0.5) is 5.69 Å². The van der Waals surface area contributed by atoms with Gasteiger partial charge in [0.25, 0.3) is 0 Å². The van der Waals surface area contributed by atoms with Gasteiger partial charge in [-0.15, -0.1) is 0 Å². The molecule has 0 spiro atoms. The summed E-state index contributed by atoms with van der Waals surface area (Å²) in [6.07, 6.45) is 1.80. The first kappa shape index (κ1) is 14.7. The fourth-order valence-electron chi connectivity index (χ4n) is 1.87. The SMILES string of the molecule is CCCc1nc(CN(C)c2ccc(OC)c(Cl)c2)no1. The number of hydrogen-bond donors (Lipinski definition) is 0. The van der Waals surface area contributed by atoms with E-state index in [1.807, 2.05) is 30.1 Å². The van der Waals surface area contributed by atoms with Crippen LogP contribution in [-0.4, -0.2) is 24.3 Å². The highest BCUT2D eigenvalue weighted by atomic mass is 35.5. The molecule has 5 nitrogen and oxygen atoms in total. The minimum atomic E-state index is 0.565. The lowest BCUT2D eigenvalue weighted by Gasteiger charge is -2.18. The van der Waals surface area contributed by atoms with E-state index in [4.69, 9.17) is 20.9 Å². The molecule has 1 aromatic carbocycles. The highest BCUT2D eigenvalue weighted by Gasteiger charge is 2.10. The van der Waals surface area contributed by atoms with Crippen LogP contribution in [0.2, 0.25) is 5.02 Å². The van der Waals surface area contributed by atoms with Crippen LogP contribution >= 0.6 is 11.6 Å². The Balaban J connectivity index is 2.06. The van der Waals surface area contributed by atoms with E-state index in [1.165, 1.54) is 0 Å². The lowest BCUT2D eigenvalue weighted by molar-refractivity contribution is 0.372. The van der Waals surface area contributed by atoms with Crippen LogP contribution in [0.15, 0.2) is 22.7 Å². The molecular formula is C14H18ClN3O2. The summed E-state index contributed by atoms with van der Waals surface area (Å²) in [4.78, 5) is 6.35. The van der Waals surface area contributed by atoms with Gasteiger partial charge in [-0.2, -0.15) is 4.98 Å². The van der Waals surface area contributed by atoms with Gasteiger partial charge in [-0.25, -0.2) is 0 Å². The maximum absolute atomic E-state index is 6.12. The van der Waals surface area contributed by atoms with Crippen LogP contribution in [-0.2, 0) is 13.0 Å². The molecule has 1 heterocycles. The number of hydrogen-bond acceptors (Lipinski definition) is 5. The van der Waals surface area contributed by atoms with Crippen LogP contribution in [0, 0.1) is 0 Å². The summed E-state index contributed by atoms with van der Waals surface area (Å²) in [6, 6.07) is 5.64. The minimum Gasteiger partial charge on any atom is -0.495 e. The summed E-state index contributed by atoms with van der Waals surface area (Å²) in [7, 11) is 3.55. The van der Waals surface area contributed by atoms with Crippen molar-refractivity contribution in [2.24, 2.45) is 0 Å². The zero-order valence-corrected chi connectivity index (χ0v) is 12.6. The van der Waals surface area contributed by atoms with Crippen molar-refractivity contribution in [3.05, 3.63) is 34.9 Å². The van der Waals surface area contributed by atoms with Crippen LogP contribution in [0.1, 0.15) is 25.1 Å². The second kappa shape index (κ2) is 6.61. The molecule has 2 aromatic rings. The van der Waals surface area contributed by atoms with Crippen molar-refractivity contribution in [1.82, 2.24) is 10.1 Å². The molecule has 20 heavy (non-hydrogen) atoms. The standard InChI is InChI=1S/C14H18ClN3O2/c1-4-5-14-16-13(17-20-14)9-18(2)10-6-7-12(19-3)11(15)8-10/h6-8H,4-5,9H2,1-3H3. The smallest absolute Gasteiger partial charge is 0.226 e. The minimum absolute atomic E-state index is 0.565. The second-order valence-corrected chi connectivity index (χ2v) is 4.94. The van der Waals surface area contributed by atoms with Gasteiger partial charge in [0.1, 0.15) is 5.75 Å². The van der Waals surface area contributed by atoms with Gasteiger partial charge in [0.2, 0.25) is 5.89 Å². The number of anilines is 1. The van der Waals surface area contributed by atoms with Crippen LogP contribution < -0.4 is 9.64 Å². The lowest BCUT2D eigenvalue weighted by Crippen LogP contribution is -2.17. The van der Waals surface area contributed by atoms with E-state index < -0.39 is 0 Å². The van der Waals surface area contributed by atoms with E-state index in [2.05, 4.69) is 17.1 Å². The Hall–Kier alpha value is -1.75. The first-order chi connectivity index (χ1) is 9.63. The summed E-state index contributed by atoms with van der Waals surface area (Å²) in [5.41, 5.74) is 0.970. The average Bonchev–Trinajstić information content (AvgIpc) is 2.86. The first-order valence-electron chi connectivity index (χ1n) is 6.50. The molecule has 0 atom stereocenters. The van der Waals surface area contributed by atoms with Crippen molar-refractivity contribution in [2.45, 2.75) is 26.3 Å². The van der Waals surface area contributed by atoms with Crippen LogP contribution in [0.5, 0.6) is 5.75 Å². The summed E-state index contributed by atoms with van der Waals surface area (Å²) in [5, 5.41) is 4.55. The number of nitrogens with zero attached hydrogens (tertiary/aromatic N) is 3. The molecule has 0 fully saturated rings. The third-order valence-corrected chi connectivity index (χ3v) is 3.22. The zero-order chi connectivity index (χ0) is 14.5. The van der Waals surface area contributed by atoms with Crippen molar-refractivity contribution in [3.8, 4) is 5.75 Å². The van der Waals surface area contributed by atoms with Gasteiger partial charge in [0, 0.05) is 19.2 Å². The second-order valence-electron chi connectivity index (χ2n) is 4.53. The Morgan fingerprint density at radius 2 is 2.20 bits per heavy atom. The molecule has 0 bridgehead atoms. The molecule has 0 saturated heterocycles. The van der Waals surface area contributed by atoms with Crippen molar-refractivity contribution in [1.29, 1.82) is 0 Å². The van der Waals surface area contributed by atoms with Crippen molar-refractivity contribution in [2.75, 3.05) is 19.1 Å². The molecule has 108 valence electrons. The predicted octanol–water partition coefficient (Wildman–Crippen LogP) is 3.32. The summed E-state index contributed by atoms with van der Waals surface area (Å²) in [5.74, 6) is 2.01. The van der Waals surface area contributed by atoms with E-state index in [0.29, 0.717) is 29.0 Å². The maximum atomic E-state index is 6.12. The van der Waals surface area contributed by atoms with E-state index in [0.717, 1.165) is 18.5 Å². The average molecular weight is 296 g/mol. The largest absolute Gasteiger partial charge is 0.495 e. The fraction of sp³-hybridized carbons (Fsp3) is 0.429. The number of rotatable bonds is 6. The summed E-state index contributed by atoms with van der Waals surface area (Å²) >= 11 is 6.12. The third-order valence-electron chi connectivity index (χ3n) is 2.93. The molecular weight excluding hydrogens is 278 g/mol. The lowest BCUT2D eigenvalue weighted by atomic mass is 10.2. The van der Waals surface area contributed by atoms with E-state index >= 15 is 0 Å². The Kier molecular flexibility index (Phi) is 4.84. The molecule has 6 heteroatoms. The predicted molar refractivity (Wildman–Crippen MR) is 78.4 cm³/mol. The van der Waals surface area contributed by atoms with Gasteiger partial charge < -0.3 is 14.2 Å². The molecule has 2 rings (SSSR count). The van der Waals surface area contributed by atoms with Crippen molar-refractivity contribution < 1.29 is 9.26 Å². The fourth-order valence-corrected chi connectivity index (χ4v) is 2.12. The van der Waals surface area contributed by atoms with Gasteiger partial charge in [-0.05, 0) is 24.6 Å². The molecule has 0 amide bonds. The Bertz CT molecular complexity index is 571. The molecule has 0 saturated carbocycles. The quantitative estimate of drug-likeness (QED) is 0.818. The Labute approximate surface area is 123 Å². The molecule has 0 aliphatic heterocycles.